The van der Waals surface area contributed by atoms with E-state index in [1.54, 1.807) is 190 Å². The molecule has 0 radical (unpaired) electrons. The van der Waals surface area contributed by atoms with Crippen molar-refractivity contribution in [3.05, 3.63) is 183 Å². The average molecular weight is 2260 g/mol. The Kier molecular flexibility index (Phi) is 69.7. The number of nitrogens with two attached hydrogens (primary N) is 2. The number of nitrogens with zero attached hydrogens (tertiary/aromatic N) is 4. The highest BCUT2D eigenvalue weighted by atomic mass is 79.9. The number of hydrogen-bond donors (Lipinski definition) is 7. The maximum absolute atomic E-state index is 11.9. The monoisotopic (exact) mass is 2260 g/mol. The molecule has 0 bridgehead atoms. The highest BCUT2D eigenvalue weighted by Crippen LogP contribution is 2.34. The van der Waals surface area contributed by atoms with E-state index in [1.165, 1.54) is 41.7 Å². The van der Waals surface area contributed by atoms with Gasteiger partial charge in [0.1, 0.15) is 110 Å². The zero-order valence-corrected chi connectivity index (χ0v) is 91.5. The van der Waals surface area contributed by atoms with E-state index in [-0.39, 0.29) is 159 Å². The minimum Gasteiger partial charge on any atom is -0.502 e. The van der Waals surface area contributed by atoms with Crippen LogP contribution in [-0.2, 0) is 95.0 Å². The van der Waals surface area contributed by atoms with Gasteiger partial charge in [-0.1, -0.05) is 103 Å². The number of phenols is 1. The van der Waals surface area contributed by atoms with Gasteiger partial charge in [0.15, 0.2) is 27.5 Å². The Morgan fingerprint density at radius 1 is 0.462 bits per heavy atom. The fourth-order valence-corrected chi connectivity index (χ4v) is 12.7. The molecule has 0 saturated carbocycles. The number of nitro groups is 2. The van der Waals surface area contributed by atoms with Gasteiger partial charge in [0, 0.05) is 42.8 Å². The number of nitriles is 1. The van der Waals surface area contributed by atoms with Crippen LogP contribution >= 0.6 is 109 Å². The van der Waals surface area contributed by atoms with Gasteiger partial charge in [0.25, 0.3) is 5.91 Å². The fraction of sp³-hybridized carbons (Fsp3) is 0.495. The molecule has 1 amide bonds. The first-order valence-corrected chi connectivity index (χ1v) is 48.9. The normalized spacial score (nSPS) is 10.9. The number of aromatic nitrogens is 1. The van der Waals surface area contributed by atoms with Crippen LogP contribution in [0, 0.1) is 37.8 Å². The van der Waals surface area contributed by atoms with E-state index in [0.29, 0.717) is 149 Å². The van der Waals surface area contributed by atoms with Gasteiger partial charge < -0.3 is 123 Å². The van der Waals surface area contributed by atoms with Crippen LogP contribution in [0.25, 0.3) is 0 Å². The van der Waals surface area contributed by atoms with Crippen LogP contribution in [0.3, 0.4) is 0 Å². The van der Waals surface area contributed by atoms with Gasteiger partial charge in [-0.2, -0.15) is 5.26 Å². The average Bonchev–Trinajstić information content (AvgIpc) is 1.69. The Hall–Kier alpha value is -9.98. The standard InChI is InChI=1S/C17H25ClN2O5S.C17H22ClNO5S.C16H22ClNO7.C16H24ClNO5.C13H11BrN2O2S.C10H20O5.C6H4ClNO3.H3N/c1-17(2,3)25-15(21)11-23-7-6-22-8-9-24-14-5-4-12(18)10-13(14)20-16(19)26;1-17(2,3)24-16(20)11-22-7-6-21-8-9-23-14-5-4-13(18)10-15(14)25-12-19;1-16(2,3)25-15(19)11-23-7-6-22-8-9-24-14-5-4-12(17)10-13(14)18(20)21;1-16(2,3)23-15(19)11-21-7-6-20-8-9-22-14-5-4-12(17)10-13(14)18;1-8-11(10(17)7-14)19-13(15-8)16-12(18)9-5-3-2-4-6-9;1-10(2,3)15-9(12)8-14-7-6-13-5-4-11;7-4-1-2-6(9)5(3-4)8(10)11;/h4-5,10H,6-9,11H2,1-3H3,(H3,19,20,26);2*4-5,10H,6-9,11H2,1-3H3;4-5,10H,6-9,11,18H2,1-3H3;2-6H,7H2,1H3,(H,15,16,18);11H,4-8H2,1-3H3;1-3,9H;1H3. The third-order valence-corrected chi connectivity index (χ3v) is 18.7. The van der Waals surface area contributed by atoms with E-state index >= 15 is 0 Å². The van der Waals surface area contributed by atoms with Crippen molar-refractivity contribution in [1.82, 2.24) is 11.1 Å². The molecule has 0 fully saturated rings. The van der Waals surface area contributed by atoms with Crippen LogP contribution in [0.2, 0.25) is 25.1 Å². The number of aliphatic hydroxyl groups is 1. The fourth-order valence-electron chi connectivity index (χ4n) is 9.80. The van der Waals surface area contributed by atoms with Crippen LogP contribution in [0.4, 0.5) is 27.9 Å². The molecule has 41 nitrogen and oxygen atoms in total. The number of aliphatic hydroxyl groups excluding tert-OH is 1. The SMILES string of the molecule is CC(C)(C)OC(=O)COCCOCCO.CC(C)(C)OC(=O)COCCOCCOc1ccc(Cl)cc1N.CC(C)(C)OC(=O)COCCOCCOc1ccc(Cl)cc1NC(N)=S.CC(C)(C)OC(=O)COCCOCCOc1ccc(Cl)cc1SC#N.CC(C)(C)OC(=O)COCCOCCOc1ccc(Cl)cc1[N+](=O)[O-].Cc1nc(NC(=O)c2ccccc2)sc1C(=O)CBr.N.O=[N+]([O-])c1cc(Cl)ccc1O. The Morgan fingerprint density at radius 3 is 1.15 bits per heavy atom. The van der Waals surface area contributed by atoms with E-state index in [9.17, 15) is 53.8 Å². The van der Waals surface area contributed by atoms with Crippen molar-refractivity contribution < 1.29 is 144 Å². The van der Waals surface area contributed by atoms with E-state index in [2.05, 4.69) is 31.5 Å². The lowest BCUT2D eigenvalue weighted by molar-refractivity contribution is -0.386. The predicted octanol–water partition coefficient (Wildman–Crippen LogP) is 17.8. The quantitative estimate of drug-likeness (QED) is 0.00159. The number of hydrogen-bond acceptors (Lipinski definition) is 39. The highest BCUT2D eigenvalue weighted by Gasteiger charge is 2.24. The van der Waals surface area contributed by atoms with Crippen LogP contribution in [0.15, 0.2) is 126 Å². The molecule has 1 aromatic heterocycles. The lowest BCUT2D eigenvalue weighted by Gasteiger charge is -2.19. The van der Waals surface area contributed by atoms with Crippen molar-refractivity contribution in [3.63, 3.8) is 0 Å². The Bertz CT molecular complexity index is 5090. The van der Waals surface area contributed by atoms with E-state index < -0.39 is 55.8 Å². The molecule has 0 saturated heterocycles. The number of thiocyanates is 1. The number of nitrogen functional groups attached to an aromatic ring is 1. The van der Waals surface area contributed by atoms with Crippen molar-refractivity contribution in [2.45, 2.75) is 144 Å². The molecule has 0 atom stereocenters. The molecular weight excluding hydrogens is 2130 g/mol. The number of anilines is 3. The van der Waals surface area contributed by atoms with Gasteiger partial charge in [-0.25, -0.2) is 29.0 Å². The largest absolute Gasteiger partial charge is 0.502 e. The predicted molar refractivity (Wildman–Crippen MR) is 559 cm³/mol. The molecule has 6 aromatic carbocycles. The molecule has 0 aliphatic rings. The topological polar surface area (TPSA) is 569 Å². The summed E-state index contributed by atoms with van der Waals surface area (Å²) in [7, 11) is 0. The number of thiocarbonyl (C=S) groups is 1. The summed E-state index contributed by atoms with van der Waals surface area (Å²) in [5, 5.41) is 57.6. The van der Waals surface area contributed by atoms with E-state index in [1.807, 2.05) is 11.5 Å². The number of ether oxygens (including phenoxy) is 19. The summed E-state index contributed by atoms with van der Waals surface area (Å²) in [5.41, 5.74) is 10.4. The van der Waals surface area contributed by atoms with Crippen LogP contribution in [-0.4, -0.2) is 270 Å². The number of halogens is 6. The highest BCUT2D eigenvalue weighted by molar-refractivity contribution is 9.09. The summed E-state index contributed by atoms with van der Waals surface area (Å²) in [6.45, 7) is 34.0. The number of carbonyl (C=O) groups excluding carboxylic acids is 7. The Balaban J connectivity index is 0.00000169. The minimum atomic E-state index is -0.693. The molecule has 50 heteroatoms. The maximum atomic E-state index is 11.9. The van der Waals surface area contributed by atoms with Gasteiger partial charge in [-0.05, 0) is 226 Å². The number of benzene rings is 6. The van der Waals surface area contributed by atoms with Gasteiger partial charge in [0.2, 0.25) is 0 Å². The third kappa shape index (κ3) is 71.3. The molecule has 1 heterocycles. The zero-order chi connectivity index (χ0) is 108. The van der Waals surface area contributed by atoms with Crippen molar-refractivity contribution in [1.29, 1.82) is 5.26 Å². The summed E-state index contributed by atoms with van der Waals surface area (Å²) >= 11 is 38.9. The number of alkyl halides is 1. The number of aryl methyl sites for hydroxylation is 1. The van der Waals surface area contributed by atoms with Gasteiger partial charge in [-0.3, -0.25) is 35.1 Å². The summed E-state index contributed by atoms with van der Waals surface area (Å²) < 4.78 is 99.4. The molecular formula is C95H131BrCl5N9O32S3. The number of aromatic hydroxyl groups is 1. The maximum Gasteiger partial charge on any atom is 0.332 e. The summed E-state index contributed by atoms with van der Waals surface area (Å²) in [4.78, 5) is 106. The molecule has 0 unspecified atom stereocenters. The first-order valence-electron chi connectivity index (χ1n) is 43.9. The second-order valence-corrected chi connectivity index (χ2v) is 38.5. The van der Waals surface area contributed by atoms with Gasteiger partial charge >= 0.3 is 41.2 Å². The molecule has 0 aliphatic heterocycles. The van der Waals surface area contributed by atoms with Crippen molar-refractivity contribution in [2.24, 2.45) is 5.73 Å². The lowest BCUT2D eigenvalue weighted by Crippen LogP contribution is -2.27. The molecule has 11 N–H and O–H groups in total. The number of Topliss-reactive ketones (excluding diaryl/α,β-unsaturated/α-hetero) is 1. The Morgan fingerprint density at radius 2 is 0.786 bits per heavy atom. The van der Waals surface area contributed by atoms with E-state index in [0.717, 1.165) is 17.8 Å². The first-order chi connectivity index (χ1) is 67.6. The van der Waals surface area contributed by atoms with E-state index in [4.69, 9.17) is 187 Å². The lowest BCUT2D eigenvalue weighted by atomic mass is 10.2. The summed E-state index contributed by atoms with van der Waals surface area (Å²) in [5.74, 6) is -0.815. The molecule has 0 spiro atoms. The number of nitrogens with one attached hydrogen (secondary N) is 2. The number of thioether (sulfide) groups is 1. The molecule has 145 heavy (non-hydrogen) atoms. The number of thiazole rings is 1. The van der Waals surface area contributed by atoms with Gasteiger partial charge in [-0.15, -0.1) is 0 Å². The number of carbonyl (C=O) groups is 7. The number of esters is 5. The second-order valence-electron chi connectivity index (χ2n) is 33.5. The van der Waals surface area contributed by atoms with Crippen molar-refractivity contribution in [3.8, 4) is 34.1 Å². The zero-order valence-electron chi connectivity index (χ0n) is 83.7. The molecule has 7 rings (SSSR count). The van der Waals surface area contributed by atoms with Crippen LogP contribution in [0.1, 0.15) is 130 Å². The van der Waals surface area contributed by atoms with Crippen molar-refractivity contribution >= 4 is 184 Å². The van der Waals surface area contributed by atoms with Gasteiger partial charge in [0.05, 0.1) is 148 Å². The summed E-state index contributed by atoms with van der Waals surface area (Å²) in [6, 6.07) is 31.9. The summed E-state index contributed by atoms with van der Waals surface area (Å²) in [6.07, 6.45) is 0. The second kappa shape index (κ2) is 74.8. The minimum absolute atomic E-state index is 0. The number of rotatable bonds is 51. The number of nitro benzene ring substituents is 2. The van der Waals surface area contributed by atoms with Crippen molar-refractivity contribution in [2.75, 3.05) is 187 Å². The molecule has 808 valence electrons. The third-order valence-electron chi connectivity index (χ3n) is 15.1. The van der Waals surface area contributed by atoms with Crippen LogP contribution in [0.5, 0.6) is 28.7 Å². The molecule has 0 aliphatic carbocycles. The Labute approximate surface area is 890 Å². The van der Waals surface area contributed by atoms with Crippen LogP contribution < -0.4 is 47.2 Å². The number of phenolic OH excluding ortho intramolecular Hbond substituents is 1. The first kappa shape index (κ1) is 135. The number of ketones is 1. The number of amides is 1. The molecule has 7 aromatic rings. The smallest absolute Gasteiger partial charge is 0.332 e.